The van der Waals surface area contributed by atoms with E-state index in [0.717, 1.165) is 43.3 Å². The number of aromatic nitrogens is 4. The van der Waals surface area contributed by atoms with Crippen LogP contribution in [0.3, 0.4) is 0 Å². The third kappa shape index (κ3) is 5.88. The molecular weight excluding hydrogens is 262 g/mol. The minimum absolute atomic E-state index is 0.587. The summed E-state index contributed by atoms with van der Waals surface area (Å²) in [5.74, 6) is 1.48. The van der Waals surface area contributed by atoms with Crippen LogP contribution in [-0.2, 0) is 11.3 Å². The van der Waals surface area contributed by atoms with Crippen molar-refractivity contribution in [3.8, 4) is 0 Å². The van der Waals surface area contributed by atoms with Crippen LogP contribution in [0.1, 0.15) is 26.7 Å². The van der Waals surface area contributed by atoms with Crippen molar-refractivity contribution >= 4 is 11.8 Å². The molecule has 0 aromatic carbocycles. The molecule has 1 aromatic rings. The van der Waals surface area contributed by atoms with Gasteiger partial charge in [0, 0.05) is 24.9 Å². The van der Waals surface area contributed by atoms with Crippen molar-refractivity contribution in [1.82, 2.24) is 25.5 Å². The first kappa shape index (κ1) is 14.7. The molecule has 6 nitrogen and oxygen atoms in total. The number of thioether (sulfide) groups is 1. The first-order chi connectivity index (χ1) is 9.25. The van der Waals surface area contributed by atoms with Crippen molar-refractivity contribution in [2.75, 3.05) is 25.5 Å². The normalized spacial score (nSPS) is 15.3. The van der Waals surface area contributed by atoms with Crippen molar-refractivity contribution in [2.24, 2.45) is 5.92 Å². The zero-order valence-electron chi connectivity index (χ0n) is 11.7. The Kier molecular flexibility index (Phi) is 6.06. The largest absolute Gasteiger partial charge is 0.380 e. The van der Waals surface area contributed by atoms with Gasteiger partial charge in [-0.25, -0.2) is 4.68 Å². The summed E-state index contributed by atoms with van der Waals surface area (Å²) in [5, 5.41) is 16.1. The van der Waals surface area contributed by atoms with E-state index in [4.69, 9.17) is 4.74 Å². The maximum Gasteiger partial charge on any atom is 0.209 e. The van der Waals surface area contributed by atoms with Gasteiger partial charge in [0.2, 0.25) is 5.16 Å². The number of hydrogen-bond acceptors (Lipinski definition) is 6. The molecule has 0 unspecified atom stereocenters. The SMILES string of the molecule is CC(C)COCCSc1nnnn1CCNC1CC1. The van der Waals surface area contributed by atoms with Gasteiger partial charge < -0.3 is 10.1 Å². The van der Waals surface area contributed by atoms with E-state index in [-0.39, 0.29) is 0 Å². The van der Waals surface area contributed by atoms with Crippen LogP contribution in [0.5, 0.6) is 0 Å². The van der Waals surface area contributed by atoms with E-state index in [1.807, 2.05) is 4.68 Å². The Morgan fingerprint density at radius 1 is 1.47 bits per heavy atom. The average Bonchev–Trinajstić information content (AvgIpc) is 3.09. The van der Waals surface area contributed by atoms with E-state index in [1.165, 1.54) is 12.8 Å². The maximum atomic E-state index is 5.54. The second-order valence-electron chi connectivity index (χ2n) is 5.23. The molecule has 19 heavy (non-hydrogen) atoms. The summed E-state index contributed by atoms with van der Waals surface area (Å²) in [7, 11) is 0. The first-order valence-electron chi connectivity index (χ1n) is 6.96. The van der Waals surface area contributed by atoms with Gasteiger partial charge >= 0.3 is 0 Å². The molecule has 108 valence electrons. The number of ether oxygens (including phenoxy) is 1. The summed E-state index contributed by atoms with van der Waals surface area (Å²) in [5.41, 5.74) is 0. The Labute approximate surface area is 118 Å². The van der Waals surface area contributed by atoms with E-state index in [9.17, 15) is 0 Å². The van der Waals surface area contributed by atoms with Gasteiger partial charge in [-0.2, -0.15) is 0 Å². The van der Waals surface area contributed by atoms with Gasteiger partial charge in [0.25, 0.3) is 0 Å². The third-order valence-corrected chi connectivity index (χ3v) is 3.66. The second-order valence-corrected chi connectivity index (χ2v) is 6.29. The second kappa shape index (κ2) is 7.81. The molecule has 0 radical (unpaired) electrons. The van der Waals surface area contributed by atoms with Crippen LogP contribution in [-0.4, -0.2) is 51.8 Å². The van der Waals surface area contributed by atoms with Gasteiger partial charge in [0.1, 0.15) is 0 Å². The molecule has 1 fully saturated rings. The third-order valence-electron chi connectivity index (χ3n) is 2.74. The molecule has 1 aliphatic carbocycles. The molecule has 1 saturated carbocycles. The quantitative estimate of drug-likeness (QED) is 0.514. The first-order valence-corrected chi connectivity index (χ1v) is 7.94. The summed E-state index contributed by atoms with van der Waals surface area (Å²) >= 11 is 1.65. The van der Waals surface area contributed by atoms with Crippen molar-refractivity contribution in [3.05, 3.63) is 0 Å². The Morgan fingerprint density at radius 2 is 2.32 bits per heavy atom. The molecule has 2 rings (SSSR count). The highest BCUT2D eigenvalue weighted by Gasteiger charge is 2.19. The predicted octanol–water partition coefficient (Wildman–Crippen LogP) is 1.19. The smallest absolute Gasteiger partial charge is 0.209 e. The Balaban J connectivity index is 1.60. The lowest BCUT2D eigenvalue weighted by Crippen LogP contribution is -2.22. The monoisotopic (exact) mass is 285 g/mol. The highest BCUT2D eigenvalue weighted by atomic mass is 32.2. The van der Waals surface area contributed by atoms with Crippen LogP contribution in [0.4, 0.5) is 0 Å². The molecule has 1 aromatic heterocycles. The Hall–Kier alpha value is -0.660. The minimum atomic E-state index is 0.587. The molecular formula is C12H23N5OS. The van der Waals surface area contributed by atoms with Crippen LogP contribution in [0.2, 0.25) is 0 Å². The average molecular weight is 285 g/mol. The molecule has 0 aliphatic heterocycles. The lowest BCUT2D eigenvalue weighted by molar-refractivity contribution is 0.124. The van der Waals surface area contributed by atoms with Crippen LogP contribution in [0.15, 0.2) is 5.16 Å². The Bertz CT molecular complexity index is 367. The van der Waals surface area contributed by atoms with Crippen molar-refractivity contribution in [1.29, 1.82) is 0 Å². The highest BCUT2D eigenvalue weighted by Crippen LogP contribution is 2.18. The van der Waals surface area contributed by atoms with Crippen LogP contribution in [0.25, 0.3) is 0 Å². The minimum Gasteiger partial charge on any atom is -0.380 e. The number of nitrogens with zero attached hydrogens (tertiary/aromatic N) is 4. The topological polar surface area (TPSA) is 64.9 Å². The lowest BCUT2D eigenvalue weighted by Gasteiger charge is -2.07. The zero-order chi connectivity index (χ0) is 13.5. The lowest BCUT2D eigenvalue weighted by atomic mass is 10.2. The maximum absolute atomic E-state index is 5.54. The van der Waals surface area contributed by atoms with Crippen molar-refractivity contribution < 1.29 is 4.74 Å². The molecule has 1 aliphatic rings. The highest BCUT2D eigenvalue weighted by molar-refractivity contribution is 7.99. The van der Waals surface area contributed by atoms with Crippen LogP contribution >= 0.6 is 11.8 Å². The van der Waals surface area contributed by atoms with Gasteiger partial charge in [0.15, 0.2) is 0 Å². The summed E-state index contributed by atoms with van der Waals surface area (Å²) in [4.78, 5) is 0. The van der Waals surface area contributed by atoms with E-state index >= 15 is 0 Å². The van der Waals surface area contributed by atoms with E-state index in [1.54, 1.807) is 11.8 Å². The molecule has 0 bridgehead atoms. The van der Waals surface area contributed by atoms with Gasteiger partial charge in [-0.15, -0.1) is 5.10 Å². The molecule has 0 atom stereocenters. The number of tetrazole rings is 1. The van der Waals surface area contributed by atoms with Crippen molar-refractivity contribution in [2.45, 2.75) is 44.4 Å². The molecule has 0 saturated heterocycles. The van der Waals surface area contributed by atoms with E-state index in [2.05, 4.69) is 34.7 Å². The fourth-order valence-electron chi connectivity index (χ4n) is 1.61. The molecule has 1 N–H and O–H groups in total. The van der Waals surface area contributed by atoms with Gasteiger partial charge in [-0.3, -0.25) is 0 Å². The molecule has 0 spiro atoms. The summed E-state index contributed by atoms with van der Waals surface area (Å²) < 4.78 is 7.41. The van der Waals surface area contributed by atoms with E-state index < -0.39 is 0 Å². The summed E-state index contributed by atoms with van der Waals surface area (Å²) in [6.07, 6.45) is 2.62. The van der Waals surface area contributed by atoms with E-state index in [0.29, 0.717) is 5.92 Å². The summed E-state index contributed by atoms with van der Waals surface area (Å²) in [6.45, 7) is 7.64. The zero-order valence-corrected chi connectivity index (χ0v) is 12.5. The molecule has 7 heteroatoms. The van der Waals surface area contributed by atoms with Crippen LogP contribution < -0.4 is 5.32 Å². The van der Waals surface area contributed by atoms with Gasteiger partial charge in [-0.1, -0.05) is 25.6 Å². The molecule has 0 amide bonds. The predicted molar refractivity (Wildman–Crippen MR) is 75.2 cm³/mol. The number of nitrogens with one attached hydrogen (secondary N) is 1. The van der Waals surface area contributed by atoms with Crippen molar-refractivity contribution in [3.63, 3.8) is 0 Å². The fraction of sp³-hybridized carbons (Fsp3) is 0.917. The Morgan fingerprint density at radius 3 is 3.05 bits per heavy atom. The number of rotatable bonds is 10. The van der Waals surface area contributed by atoms with Gasteiger partial charge in [0.05, 0.1) is 13.2 Å². The standard InChI is InChI=1S/C12H23N5OS/c1-10(2)9-18-7-8-19-12-14-15-16-17(12)6-5-13-11-3-4-11/h10-11,13H,3-9H2,1-2H3. The summed E-state index contributed by atoms with van der Waals surface area (Å²) in [6, 6.07) is 0.733. The van der Waals surface area contributed by atoms with Crippen LogP contribution in [0, 0.1) is 5.92 Å². The number of hydrogen-bond donors (Lipinski definition) is 1. The van der Waals surface area contributed by atoms with Gasteiger partial charge in [-0.05, 0) is 29.2 Å². The molecule has 1 heterocycles. The fourth-order valence-corrected chi connectivity index (χ4v) is 2.37.